The molecule has 1 aromatic carbocycles. The number of rotatable bonds is 7. The zero-order valence-electron chi connectivity index (χ0n) is 14.2. The first-order chi connectivity index (χ1) is 12.3. The molecule has 0 aliphatic rings. The lowest BCUT2D eigenvalue weighted by Gasteiger charge is -2.28. The highest BCUT2D eigenvalue weighted by Gasteiger charge is 2.24. The Bertz CT molecular complexity index is 735. The number of aromatic nitrogens is 4. The van der Waals surface area contributed by atoms with Gasteiger partial charge in [-0.05, 0) is 24.1 Å². The van der Waals surface area contributed by atoms with Gasteiger partial charge >= 0.3 is 0 Å². The number of amides is 1. The largest absolute Gasteiger partial charge is 0.333 e. The van der Waals surface area contributed by atoms with E-state index in [4.69, 9.17) is 0 Å². The maximum atomic E-state index is 12.7. The van der Waals surface area contributed by atoms with Crippen molar-refractivity contribution in [3.63, 3.8) is 0 Å². The van der Waals surface area contributed by atoms with Crippen LogP contribution in [-0.2, 0) is 11.3 Å². The van der Waals surface area contributed by atoms with Crippen LogP contribution >= 0.6 is 0 Å². The molecule has 0 saturated carbocycles. The van der Waals surface area contributed by atoms with Crippen LogP contribution in [0.4, 0.5) is 0 Å². The molecule has 0 N–H and O–H groups in total. The van der Waals surface area contributed by atoms with Gasteiger partial charge in [-0.3, -0.25) is 14.5 Å². The predicted molar refractivity (Wildman–Crippen MR) is 94.5 cm³/mol. The third-order valence-corrected chi connectivity index (χ3v) is 4.11. The molecule has 3 rings (SSSR count). The van der Waals surface area contributed by atoms with Gasteiger partial charge in [-0.15, -0.1) is 0 Å². The predicted octanol–water partition coefficient (Wildman–Crippen LogP) is 2.70. The van der Waals surface area contributed by atoms with Crippen molar-refractivity contribution in [2.45, 2.75) is 25.4 Å². The van der Waals surface area contributed by atoms with Crippen molar-refractivity contribution < 1.29 is 4.79 Å². The third-order valence-electron chi connectivity index (χ3n) is 4.11. The molecule has 0 unspecified atom stereocenters. The van der Waals surface area contributed by atoms with Crippen LogP contribution in [0.15, 0.2) is 67.4 Å². The van der Waals surface area contributed by atoms with Gasteiger partial charge in [-0.2, -0.15) is 5.10 Å². The molecule has 1 amide bonds. The summed E-state index contributed by atoms with van der Waals surface area (Å²) in [5.74, 6) is 0.0830. The Kier molecular flexibility index (Phi) is 5.51. The second-order valence-electron chi connectivity index (χ2n) is 5.83. The zero-order valence-corrected chi connectivity index (χ0v) is 14.2. The van der Waals surface area contributed by atoms with Gasteiger partial charge in [0.05, 0.1) is 11.7 Å². The second kappa shape index (κ2) is 8.19. The van der Waals surface area contributed by atoms with Gasteiger partial charge < -0.3 is 4.90 Å². The Morgan fingerprint density at radius 1 is 1.16 bits per heavy atom. The highest BCUT2D eigenvalue weighted by molar-refractivity contribution is 5.76. The minimum Gasteiger partial charge on any atom is -0.333 e. The van der Waals surface area contributed by atoms with Crippen molar-refractivity contribution in [1.82, 2.24) is 24.6 Å². The Labute approximate surface area is 147 Å². The van der Waals surface area contributed by atoms with Gasteiger partial charge in [0.25, 0.3) is 0 Å². The standard InChI is InChI=1S/C19H21N5O/c1-23(18(25)11-7-13-24-15-20-14-22-24)19(16-8-3-2-4-9-16)17-10-5-6-12-21-17/h2-6,8-10,12,14-15,19H,7,11,13H2,1H3/t19-/m1/s1. The van der Waals surface area contributed by atoms with Crippen LogP contribution in [-0.4, -0.2) is 37.6 Å². The molecule has 6 heteroatoms. The highest BCUT2D eigenvalue weighted by atomic mass is 16.2. The molecule has 3 aromatic rings. The molecule has 2 aromatic heterocycles. The number of aryl methyl sites for hydroxylation is 1. The van der Waals surface area contributed by atoms with Gasteiger partial charge in [-0.1, -0.05) is 36.4 Å². The van der Waals surface area contributed by atoms with E-state index < -0.39 is 0 Å². The van der Waals surface area contributed by atoms with Crippen LogP contribution in [0.1, 0.15) is 30.1 Å². The summed E-state index contributed by atoms with van der Waals surface area (Å²) < 4.78 is 1.74. The second-order valence-corrected chi connectivity index (χ2v) is 5.83. The third kappa shape index (κ3) is 4.29. The van der Waals surface area contributed by atoms with E-state index in [0.29, 0.717) is 13.0 Å². The maximum Gasteiger partial charge on any atom is 0.223 e. The lowest BCUT2D eigenvalue weighted by atomic mass is 10.0. The van der Waals surface area contributed by atoms with Gasteiger partial charge in [0.2, 0.25) is 5.91 Å². The number of carbonyl (C=O) groups is 1. The monoisotopic (exact) mass is 335 g/mol. The lowest BCUT2D eigenvalue weighted by molar-refractivity contribution is -0.131. The van der Waals surface area contributed by atoms with Crippen molar-refractivity contribution in [3.8, 4) is 0 Å². The normalized spacial score (nSPS) is 11.9. The fraction of sp³-hybridized carbons (Fsp3) is 0.263. The molecule has 0 aliphatic carbocycles. The molecule has 25 heavy (non-hydrogen) atoms. The van der Waals surface area contributed by atoms with E-state index in [2.05, 4.69) is 15.1 Å². The summed E-state index contributed by atoms with van der Waals surface area (Å²) in [5.41, 5.74) is 1.91. The van der Waals surface area contributed by atoms with E-state index >= 15 is 0 Å². The molecule has 1 atom stereocenters. The molecule has 0 radical (unpaired) electrons. The van der Waals surface area contributed by atoms with Gasteiger partial charge in [0.15, 0.2) is 0 Å². The average molecular weight is 335 g/mol. The molecule has 0 saturated heterocycles. The Balaban J connectivity index is 1.72. The van der Waals surface area contributed by atoms with Crippen molar-refractivity contribution in [3.05, 3.63) is 78.6 Å². The minimum absolute atomic E-state index is 0.0830. The van der Waals surface area contributed by atoms with E-state index in [1.165, 1.54) is 6.33 Å². The van der Waals surface area contributed by atoms with Gasteiger partial charge in [0.1, 0.15) is 12.7 Å². The van der Waals surface area contributed by atoms with Crippen LogP contribution in [0.2, 0.25) is 0 Å². The first-order valence-corrected chi connectivity index (χ1v) is 8.29. The maximum absolute atomic E-state index is 12.7. The highest BCUT2D eigenvalue weighted by Crippen LogP contribution is 2.26. The fourth-order valence-corrected chi connectivity index (χ4v) is 2.83. The van der Waals surface area contributed by atoms with E-state index in [1.807, 2.05) is 55.6 Å². The SMILES string of the molecule is CN(C(=O)CCCn1cncn1)[C@H](c1ccccc1)c1ccccn1. The fourth-order valence-electron chi connectivity index (χ4n) is 2.83. The van der Waals surface area contributed by atoms with Crippen LogP contribution in [0.5, 0.6) is 0 Å². The number of carbonyl (C=O) groups excluding carboxylic acids is 1. The quantitative estimate of drug-likeness (QED) is 0.666. The average Bonchev–Trinajstić information content (AvgIpc) is 3.17. The smallest absolute Gasteiger partial charge is 0.223 e. The van der Waals surface area contributed by atoms with Crippen molar-refractivity contribution in [1.29, 1.82) is 0 Å². The molecule has 2 heterocycles. The van der Waals surface area contributed by atoms with Crippen LogP contribution in [0.25, 0.3) is 0 Å². The summed E-state index contributed by atoms with van der Waals surface area (Å²) in [4.78, 5) is 22.9. The summed E-state index contributed by atoms with van der Waals surface area (Å²) in [6.45, 7) is 0.680. The van der Waals surface area contributed by atoms with Crippen LogP contribution in [0, 0.1) is 0 Å². The zero-order chi connectivity index (χ0) is 17.5. The van der Waals surface area contributed by atoms with Crippen molar-refractivity contribution in [2.75, 3.05) is 7.05 Å². The van der Waals surface area contributed by atoms with E-state index in [1.54, 1.807) is 22.1 Å². The lowest BCUT2D eigenvalue weighted by Crippen LogP contribution is -2.32. The summed E-state index contributed by atoms with van der Waals surface area (Å²) >= 11 is 0. The summed E-state index contributed by atoms with van der Waals surface area (Å²) in [5, 5.41) is 4.06. The van der Waals surface area contributed by atoms with Gasteiger partial charge in [0, 0.05) is 26.2 Å². The number of benzene rings is 1. The Morgan fingerprint density at radius 2 is 1.96 bits per heavy atom. The molecule has 0 bridgehead atoms. The number of hydrogen-bond acceptors (Lipinski definition) is 4. The first-order valence-electron chi connectivity index (χ1n) is 8.29. The Morgan fingerprint density at radius 3 is 2.64 bits per heavy atom. The topological polar surface area (TPSA) is 63.9 Å². The molecule has 6 nitrogen and oxygen atoms in total. The van der Waals surface area contributed by atoms with Crippen LogP contribution < -0.4 is 0 Å². The molecule has 0 spiro atoms. The summed E-state index contributed by atoms with van der Waals surface area (Å²) in [6.07, 6.45) is 6.09. The summed E-state index contributed by atoms with van der Waals surface area (Å²) in [7, 11) is 1.84. The number of hydrogen-bond donors (Lipinski definition) is 0. The molecular weight excluding hydrogens is 314 g/mol. The van der Waals surface area contributed by atoms with Crippen molar-refractivity contribution >= 4 is 5.91 Å². The van der Waals surface area contributed by atoms with Crippen molar-refractivity contribution in [2.24, 2.45) is 0 Å². The summed E-state index contributed by atoms with van der Waals surface area (Å²) in [6, 6.07) is 15.6. The number of nitrogens with zero attached hydrogens (tertiary/aromatic N) is 5. The van der Waals surface area contributed by atoms with E-state index in [0.717, 1.165) is 17.7 Å². The molecule has 0 fully saturated rings. The minimum atomic E-state index is -0.193. The van der Waals surface area contributed by atoms with Crippen LogP contribution in [0.3, 0.4) is 0 Å². The Hall–Kier alpha value is -3.02. The molecule has 128 valence electrons. The molecule has 0 aliphatic heterocycles. The number of pyridine rings is 1. The first kappa shape index (κ1) is 16.8. The molecular formula is C19H21N5O. The van der Waals surface area contributed by atoms with E-state index in [-0.39, 0.29) is 11.9 Å². The van der Waals surface area contributed by atoms with E-state index in [9.17, 15) is 4.79 Å². The van der Waals surface area contributed by atoms with Gasteiger partial charge in [-0.25, -0.2) is 4.98 Å².